The molecule has 1 atom stereocenters. The normalized spacial score (nSPS) is 24.9. The average molecular weight is 312 g/mol. The molecule has 18 heavy (non-hydrogen) atoms. The number of hydrogen-bond acceptors (Lipinski definition) is 3. The van der Waals surface area contributed by atoms with E-state index in [9.17, 15) is 0 Å². The van der Waals surface area contributed by atoms with Crippen LogP contribution < -0.4 is 5.73 Å². The lowest BCUT2D eigenvalue weighted by molar-refractivity contribution is 0.126. The van der Waals surface area contributed by atoms with Gasteiger partial charge in [0.1, 0.15) is 0 Å². The lowest BCUT2D eigenvalue weighted by Gasteiger charge is -2.38. The second kappa shape index (κ2) is 5.70. The second-order valence-electron chi connectivity index (χ2n) is 5.40. The minimum absolute atomic E-state index is 0.141. The predicted molar refractivity (Wildman–Crippen MR) is 79.5 cm³/mol. The largest absolute Gasteiger partial charge is 0.329 e. The molecule has 1 aliphatic heterocycles. The third-order valence-corrected chi connectivity index (χ3v) is 4.57. The van der Waals surface area contributed by atoms with Gasteiger partial charge in [0.2, 0.25) is 0 Å². The van der Waals surface area contributed by atoms with Crippen molar-refractivity contribution in [1.82, 2.24) is 9.80 Å². The van der Waals surface area contributed by atoms with Crippen LogP contribution in [0.3, 0.4) is 0 Å². The molecule has 1 aromatic carbocycles. The number of halogens is 1. The van der Waals surface area contributed by atoms with E-state index in [0.717, 1.165) is 37.1 Å². The van der Waals surface area contributed by atoms with E-state index in [1.807, 2.05) is 0 Å². The Labute approximate surface area is 118 Å². The van der Waals surface area contributed by atoms with E-state index < -0.39 is 0 Å². The molecule has 1 aliphatic rings. The standard InChI is InChI=1S/C14H22BrN3/c1-17-8-7-14(10-16,11-17)18(2)9-12-3-5-13(15)6-4-12/h3-6H,7-11,16H2,1-2H3. The molecule has 0 amide bonds. The van der Waals surface area contributed by atoms with E-state index >= 15 is 0 Å². The zero-order valence-electron chi connectivity index (χ0n) is 11.2. The molecule has 0 radical (unpaired) electrons. The molecule has 2 rings (SSSR count). The molecule has 2 N–H and O–H groups in total. The Kier molecular flexibility index (Phi) is 4.43. The Morgan fingerprint density at radius 1 is 1.39 bits per heavy atom. The molecule has 3 nitrogen and oxygen atoms in total. The van der Waals surface area contributed by atoms with E-state index in [2.05, 4.69) is 64.1 Å². The van der Waals surface area contributed by atoms with Crippen LogP contribution in [0, 0.1) is 0 Å². The molecule has 1 fully saturated rings. The molecule has 0 aromatic heterocycles. The summed E-state index contributed by atoms with van der Waals surface area (Å²) in [5.74, 6) is 0. The van der Waals surface area contributed by atoms with E-state index in [1.165, 1.54) is 5.56 Å². The van der Waals surface area contributed by atoms with Gasteiger partial charge in [-0.2, -0.15) is 0 Å². The van der Waals surface area contributed by atoms with Gasteiger partial charge in [0.25, 0.3) is 0 Å². The molecule has 0 saturated carbocycles. The minimum Gasteiger partial charge on any atom is -0.329 e. The van der Waals surface area contributed by atoms with Crippen molar-refractivity contribution in [2.45, 2.75) is 18.5 Å². The highest BCUT2D eigenvalue weighted by Gasteiger charge is 2.38. The highest BCUT2D eigenvalue weighted by molar-refractivity contribution is 9.10. The Morgan fingerprint density at radius 3 is 2.56 bits per heavy atom. The van der Waals surface area contributed by atoms with Crippen molar-refractivity contribution in [3.63, 3.8) is 0 Å². The molecule has 1 aromatic rings. The first-order chi connectivity index (χ1) is 8.55. The van der Waals surface area contributed by atoms with Crippen molar-refractivity contribution >= 4 is 15.9 Å². The fraction of sp³-hybridized carbons (Fsp3) is 0.571. The predicted octanol–water partition coefficient (Wildman–Crippen LogP) is 1.91. The number of benzene rings is 1. The number of hydrogen-bond donors (Lipinski definition) is 1. The molecule has 0 aliphatic carbocycles. The summed E-state index contributed by atoms with van der Waals surface area (Å²) in [6.45, 7) is 3.89. The van der Waals surface area contributed by atoms with Crippen LogP contribution in [0.2, 0.25) is 0 Å². The van der Waals surface area contributed by atoms with Crippen LogP contribution in [-0.2, 0) is 6.54 Å². The van der Waals surface area contributed by atoms with Gasteiger partial charge in [-0.25, -0.2) is 0 Å². The van der Waals surface area contributed by atoms with E-state index in [-0.39, 0.29) is 5.54 Å². The lowest BCUT2D eigenvalue weighted by atomic mass is 9.96. The van der Waals surface area contributed by atoms with Crippen LogP contribution in [-0.4, -0.2) is 49.1 Å². The topological polar surface area (TPSA) is 32.5 Å². The highest BCUT2D eigenvalue weighted by Crippen LogP contribution is 2.26. The van der Waals surface area contributed by atoms with E-state index in [0.29, 0.717) is 0 Å². The van der Waals surface area contributed by atoms with Crippen molar-refractivity contribution < 1.29 is 0 Å². The highest BCUT2D eigenvalue weighted by atomic mass is 79.9. The smallest absolute Gasteiger partial charge is 0.0470 e. The molecule has 0 spiro atoms. The third-order valence-electron chi connectivity index (χ3n) is 4.05. The monoisotopic (exact) mass is 311 g/mol. The number of nitrogens with two attached hydrogens (primary N) is 1. The van der Waals surface area contributed by atoms with Gasteiger partial charge in [0, 0.05) is 29.6 Å². The van der Waals surface area contributed by atoms with Gasteiger partial charge < -0.3 is 10.6 Å². The van der Waals surface area contributed by atoms with Gasteiger partial charge >= 0.3 is 0 Å². The average Bonchev–Trinajstić information content (AvgIpc) is 2.75. The molecule has 4 heteroatoms. The molecule has 0 bridgehead atoms. The summed E-state index contributed by atoms with van der Waals surface area (Å²) >= 11 is 3.47. The minimum atomic E-state index is 0.141. The zero-order chi connectivity index (χ0) is 13.2. The van der Waals surface area contributed by atoms with Gasteiger partial charge in [-0.1, -0.05) is 28.1 Å². The fourth-order valence-electron chi connectivity index (χ4n) is 2.72. The molecule has 1 saturated heterocycles. The third kappa shape index (κ3) is 2.94. The van der Waals surface area contributed by atoms with Crippen molar-refractivity contribution in [2.75, 3.05) is 33.7 Å². The Bertz CT molecular complexity index is 393. The Balaban J connectivity index is 2.06. The van der Waals surface area contributed by atoms with Crippen molar-refractivity contribution in [1.29, 1.82) is 0 Å². The molecular formula is C14H22BrN3. The first-order valence-corrected chi connectivity index (χ1v) is 7.19. The summed E-state index contributed by atoms with van der Waals surface area (Å²) in [5.41, 5.74) is 7.51. The molecule has 100 valence electrons. The van der Waals surface area contributed by atoms with Crippen LogP contribution >= 0.6 is 15.9 Å². The summed E-state index contributed by atoms with van der Waals surface area (Å²) in [6.07, 6.45) is 1.16. The van der Waals surface area contributed by atoms with Crippen molar-refractivity contribution in [3.05, 3.63) is 34.3 Å². The SMILES string of the molecule is CN1CCC(CN)(N(C)Cc2ccc(Br)cc2)C1. The Hall–Kier alpha value is -0.420. The van der Waals surface area contributed by atoms with Gasteiger partial charge in [0.15, 0.2) is 0 Å². The number of rotatable bonds is 4. The fourth-order valence-corrected chi connectivity index (χ4v) is 2.99. The number of likely N-dealkylation sites (N-methyl/N-ethyl adjacent to an activating group) is 2. The summed E-state index contributed by atoms with van der Waals surface area (Å²) in [4.78, 5) is 4.78. The maximum absolute atomic E-state index is 6.03. The molecule has 1 unspecified atom stereocenters. The van der Waals surface area contributed by atoms with Crippen LogP contribution in [0.1, 0.15) is 12.0 Å². The van der Waals surface area contributed by atoms with E-state index in [1.54, 1.807) is 0 Å². The summed E-state index contributed by atoms with van der Waals surface area (Å²) in [6, 6.07) is 8.53. The summed E-state index contributed by atoms with van der Waals surface area (Å²) < 4.78 is 1.13. The maximum Gasteiger partial charge on any atom is 0.0470 e. The van der Waals surface area contributed by atoms with Crippen molar-refractivity contribution in [2.24, 2.45) is 5.73 Å². The molecule has 1 heterocycles. The van der Waals surface area contributed by atoms with Gasteiger partial charge in [-0.05, 0) is 44.8 Å². The van der Waals surface area contributed by atoms with Gasteiger partial charge in [-0.15, -0.1) is 0 Å². The second-order valence-corrected chi connectivity index (χ2v) is 6.31. The summed E-state index contributed by atoms with van der Waals surface area (Å²) in [7, 11) is 4.36. The van der Waals surface area contributed by atoms with Gasteiger partial charge in [-0.3, -0.25) is 4.90 Å². The quantitative estimate of drug-likeness (QED) is 0.922. The summed E-state index contributed by atoms with van der Waals surface area (Å²) in [5, 5.41) is 0. The van der Waals surface area contributed by atoms with Crippen LogP contribution in [0.5, 0.6) is 0 Å². The maximum atomic E-state index is 6.03. The van der Waals surface area contributed by atoms with Crippen LogP contribution in [0.25, 0.3) is 0 Å². The van der Waals surface area contributed by atoms with Gasteiger partial charge in [0.05, 0.1) is 0 Å². The number of likely N-dealkylation sites (tertiary alicyclic amines) is 1. The molecular weight excluding hydrogens is 290 g/mol. The van der Waals surface area contributed by atoms with Crippen LogP contribution in [0.4, 0.5) is 0 Å². The van der Waals surface area contributed by atoms with E-state index in [4.69, 9.17) is 5.73 Å². The lowest BCUT2D eigenvalue weighted by Crippen LogP contribution is -2.53. The van der Waals surface area contributed by atoms with Crippen molar-refractivity contribution in [3.8, 4) is 0 Å². The first-order valence-electron chi connectivity index (χ1n) is 6.40. The first kappa shape index (κ1) is 14.0. The Morgan fingerprint density at radius 2 is 2.06 bits per heavy atom. The zero-order valence-corrected chi connectivity index (χ0v) is 12.8. The van der Waals surface area contributed by atoms with Crippen LogP contribution in [0.15, 0.2) is 28.7 Å². The number of nitrogens with zero attached hydrogens (tertiary/aromatic N) is 2.